The quantitative estimate of drug-likeness (QED) is 0.708. The van der Waals surface area contributed by atoms with E-state index in [2.05, 4.69) is 13.0 Å². The summed E-state index contributed by atoms with van der Waals surface area (Å²) in [6.07, 6.45) is 0. The molecule has 0 bridgehead atoms. The van der Waals surface area contributed by atoms with Gasteiger partial charge in [-0.3, -0.25) is 4.79 Å². The van der Waals surface area contributed by atoms with Gasteiger partial charge in [-0.2, -0.15) is 0 Å². The Morgan fingerprint density at radius 3 is 2.08 bits per heavy atom. The van der Waals surface area contributed by atoms with Crippen LogP contribution in [0, 0.1) is 6.92 Å². The first-order valence-electron chi connectivity index (χ1n) is 7.91. The third-order valence-electron chi connectivity index (χ3n) is 4.51. The van der Waals surface area contributed by atoms with E-state index in [1.54, 1.807) is 6.07 Å². The van der Waals surface area contributed by atoms with E-state index in [1.165, 1.54) is 0 Å². The highest BCUT2D eigenvalue weighted by Crippen LogP contribution is 2.42. The number of ketones is 1. The van der Waals surface area contributed by atoms with Crippen LogP contribution in [0.3, 0.4) is 0 Å². The molecule has 3 aromatic carbocycles. The molecule has 4 rings (SSSR count). The first-order valence-corrected chi connectivity index (χ1v) is 7.91. The number of fused-ring (bicyclic) bond motifs is 1. The lowest BCUT2D eigenvalue weighted by atomic mass is 9.89. The second-order valence-corrected chi connectivity index (χ2v) is 5.96. The van der Waals surface area contributed by atoms with Crippen LogP contribution in [0.1, 0.15) is 27.0 Å². The molecule has 1 aliphatic carbocycles. The van der Waals surface area contributed by atoms with Crippen molar-refractivity contribution in [1.29, 1.82) is 0 Å². The molecule has 0 fully saturated rings. The largest absolute Gasteiger partial charge is 0.504 e. The molecule has 0 radical (unpaired) electrons. The van der Waals surface area contributed by atoms with Gasteiger partial charge in [-0.1, -0.05) is 72.8 Å². The molecule has 0 aliphatic heterocycles. The molecule has 0 saturated heterocycles. The number of aryl methyl sites for hydroxylation is 1. The minimum atomic E-state index is -0.306. The molecular formula is C22H16O2. The lowest BCUT2D eigenvalue weighted by Gasteiger charge is -2.14. The van der Waals surface area contributed by atoms with Gasteiger partial charge in [0.25, 0.3) is 0 Å². The molecule has 0 aromatic heterocycles. The van der Waals surface area contributed by atoms with Crippen molar-refractivity contribution in [2.45, 2.75) is 6.92 Å². The van der Waals surface area contributed by atoms with E-state index in [0.717, 1.165) is 27.8 Å². The fourth-order valence-corrected chi connectivity index (χ4v) is 3.36. The predicted octanol–water partition coefficient (Wildman–Crippen LogP) is 5.18. The van der Waals surface area contributed by atoms with E-state index in [4.69, 9.17) is 0 Å². The normalized spacial score (nSPS) is 13.3. The van der Waals surface area contributed by atoms with E-state index in [1.807, 2.05) is 60.7 Å². The minimum absolute atomic E-state index is 0.169. The maximum Gasteiger partial charge on any atom is 0.228 e. The third kappa shape index (κ3) is 2.08. The summed E-state index contributed by atoms with van der Waals surface area (Å²) in [6, 6.07) is 23.3. The first-order chi connectivity index (χ1) is 11.7. The average molecular weight is 312 g/mol. The van der Waals surface area contributed by atoms with Gasteiger partial charge in [0.2, 0.25) is 5.78 Å². The first kappa shape index (κ1) is 14.5. The van der Waals surface area contributed by atoms with Crippen molar-refractivity contribution in [2.75, 3.05) is 0 Å². The highest BCUT2D eigenvalue weighted by atomic mass is 16.3. The number of allylic oxidation sites excluding steroid dienone is 1. The number of hydrogen-bond donors (Lipinski definition) is 1. The second kappa shape index (κ2) is 5.50. The standard InChI is InChI=1S/C22H16O2/c1-14-8-5-6-11-16(14)17-12-7-13-18-20(17)19(22(24)21(18)23)15-9-3-2-4-10-15/h2-13H,1H3,(H,23,24). The van der Waals surface area contributed by atoms with E-state index in [0.29, 0.717) is 11.1 Å². The molecule has 3 aromatic rings. The summed E-state index contributed by atoms with van der Waals surface area (Å²) in [5.74, 6) is -0.475. The van der Waals surface area contributed by atoms with Gasteiger partial charge in [0.1, 0.15) is 0 Å². The van der Waals surface area contributed by atoms with E-state index in [9.17, 15) is 9.90 Å². The van der Waals surface area contributed by atoms with Crippen molar-refractivity contribution in [2.24, 2.45) is 0 Å². The van der Waals surface area contributed by atoms with Crippen LogP contribution in [-0.4, -0.2) is 10.9 Å². The number of aliphatic hydroxyl groups excluding tert-OH is 1. The SMILES string of the molecule is Cc1ccccc1-c1cccc2c1C(c1ccccc1)=C(O)C2=O. The number of hydrogen-bond acceptors (Lipinski definition) is 2. The molecular weight excluding hydrogens is 296 g/mol. The Morgan fingerprint density at radius 2 is 1.33 bits per heavy atom. The van der Waals surface area contributed by atoms with Crippen molar-refractivity contribution in [3.8, 4) is 11.1 Å². The zero-order chi connectivity index (χ0) is 16.7. The van der Waals surface area contributed by atoms with Crippen LogP contribution in [-0.2, 0) is 0 Å². The maximum absolute atomic E-state index is 12.5. The van der Waals surface area contributed by atoms with Crippen molar-refractivity contribution >= 4 is 11.4 Å². The van der Waals surface area contributed by atoms with Crippen molar-refractivity contribution < 1.29 is 9.90 Å². The number of Topliss-reactive ketones (excluding diaryl/α,β-unsaturated/α-hetero) is 1. The van der Waals surface area contributed by atoms with Gasteiger partial charge in [0, 0.05) is 16.7 Å². The van der Waals surface area contributed by atoms with Gasteiger partial charge >= 0.3 is 0 Å². The Labute approximate surface area is 140 Å². The smallest absolute Gasteiger partial charge is 0.228 e. The number of carbonyl (C=O) groups excluding carboxylic acids is 1. The molecule has 0 amide bonds. The molecule has 0 saturated carbocycles. The highest BCUT2D eigenvalue weighted by molar-refractivity contribution is 6.23. The molecule has 1 aliphatic rings. The second-order valence-electron chi connectivity index (χ2n) is 5.96. The summed E-state index contributed by atoms with van der Waals surface area (Å²) in [5, 5.41) is 10.5. The summed E-state index contributed by atoms with van der Waals surface area (Å²) in [5.41, 5.74) is 6.04. The van der Waals surface area contributed by atoms with Crippen LogP contribution in [0.15, 0.2) is 78.6 Å². The Kier molecular flexibility index (Phi) is 3.31. The predicted molar refractivity (Wildman–Crippen MR) is 96.0 cm³/mol. The molecule has 2 nitrogen and oxygen atoms in total. The Hall–Kier alpha value is -3.13. The van der Waals surface area contributed by atoms with Gasteiger partial charge < -0.3 is 5.11 Å². The van der Waals surface area contributed by atoms with Crippen LogP contribution in [0.5, 0.6) is 0 Å². The molecule has 0 unspecified atom stereocenters. The van der Waals surface area contributed by atoms with E-state index >= 15 is 0 Å². The number of aliphatic hydroxyl groups is 1. The Balaban J connectivity index is 2.04. The minimum Gasteiger partial charge on any atom is -0.504 e. The van der Waals surface area contributed by atoms with Crippen molar-refractivity contribution in [3.63, 3.8) is 0 Å². The summed E-state index contributed by atoms with van der Waals surface area (Å²) in [4.78, 5) is 12.5. The molecule has 1 N–H and O–H groups in total. The summed E-state index contributed by atoms with van der Waals surface area (Å²) in [6.45, 7) is 2.05. The summed E-state index contributed by atoms with van der Waals surface area (Å²) in [7, 11) is 0. The number of carbonyl (C=O) groups is 1. The average Bonchev–Trinajstić information content (AvgIpc) is 2.88. The van der Waals surface area contributed by atoms with E-state index < -0.39 is 0 Å². The zero-order valence-electron chi connectivity index (χ0n) is 13.3. The Morgan fingerprint density at radius 1 is 0.708 bits per heavy atom. The maximum atomic E-state index is 12.5. The number of benzene rings is 3. The molecule has 0 spiro atoms. The van der Waals surface area contributed by atoms with Crippen molar-refractivity contribution in [1.82, 2.24) is 0 Å². The molecule has 24 heavy (non-hydrogen) atoms. The van der Waals surface area contributed by atoms with Crippen LogP contribution in [0.2, 0.25) is 0 Å². The lowest BCUT2D eigenvalue weighted by molar-refractivity contribution is 0.0984. The molecule has 0 atom stereocenters. The van der Waals surface area contributed by atoms with Crippen molar-refractivity contribution in [3.05, 3.63) is 101 Å². The summed E-state index contributed by atoms with van der Waals surface area (Å²) < 4.78 is 0. The van der Waals surface area contributed by atoms with Gasteiger partial charge in [-0.05, 0) is 29.2 Å². The molecule has 116 valence electrons. The molecule has 0 heterocycles. The monoisotopic (exact) mass is 312 g/mol. The van der Waals surface area contributed by atoms with Crippen LogP contribution in [0.4, 0.5) is 0 Å². The van der Waals surface area contributed by atoms with Gasteiger partial charge in [-0.25, -0.2) is 0 Å². The lowest BCUT2D eigenvalue weighted by Crippen LogP contribution is -1.98. The van der Waals surface area contributed by atoms with Gasteiger partial charge in [0.05, 0.1) is 0 Å². The molecule has 2 heteroatoms. The van der Waals surface area contributed by atoms with Gasteiger partial charge in [-0.15, -0.1) is 0 Å². The topological polar surface area (TPSA) is 37.3 Å². The van der Waals surface area contributed by atoms with Gasteiger partial charge in [0.15, 0.2) is 5.76 Å². The fraction of sp³-hybridized carbons (Fsp3) is 0.0455. The third-order valence-corrected chi connectivity index (χ3v) is 4.51. The van der Waals surface area contributed by atoms with E-state index in [-0.39, 0.29) is 11.5 Å². The zero-order valence-corrected chi connectivity index (χ0v) is 13.3. The van der Waals surface area contributed by atoms with Crippen LogP contribution in [0.25, 0.3) is 16.7 Å². The fourth-order valence-electron chi connectivity index (χ4n) is 3.36. The van der Waals surface area contributed by atoms with Crippen LogP contribution >= 0.6 is 0 Å². The summed E-state index contributed by atoms with van der Waals surface area (Å²) >= 11 is 0. The number of rotatable bonds is 2. The highest BCUT2D eigenvalue weighted by Gasteiger charge is 2.32. The van der Waals surface area contributed by atoms with Crippen LogP contribution < -0.4 is 0 Å². The Bertz CT molecular complexity index is 982.